The lowest BCUT2D eigenvalue weighted by atomic mass is 10.1. The van der Waals surface area contributed by atoms with Gasteiger partial charge in [0.05, 0.1) is 12.7 Å². The molecule has 2 heterocycles. The summed E-state index contributed by atoms with van der Waals surface area (Å²) in [6.07, 6.45) is 6.92. The second-order valence-electron chi connectivity index (χ2n) is 5.48. The Kier molecular flexibility index (Phi) is 3.77. The van der Waals surface area contributed by atoms with Crippen molar-refractivity contribution in [2.45, 2.75) is 32.2 Å². The molecular formula is C13H20N6O. The van der Waals surface area contributed by atoms with Crippen molar-refractivity contribution in [3.05, 3.63) is 16.6 Å². The number of hydrogen-bond acceptors (Lipinski definition) is 5. The van der Waals surface area contributed by atoms with E-state index in [1.165, 1.54) is 30.4 Å². The van der Waals surface area contributed by atoms with E-state index in [4.69, 9.17) is 0 Å². The zero-order valence-corrected chi connectivity index (χ0v) is 11.7. The first-order chi connectivity index (χ1) is 9.75. The Hall–Kier alpha value is -1.76. The van der Waals surface area contributed by atoms with E-state index < -0.39 is 0 Å². The number of nitrogens with one attached hydrogen (secondary N) is 1. The molecule has 1 aliphatic rings. The standard InChI is InChI=1S/C13H20N6O/c1-18-12-11(9-15-18)13(20)19(17-16-12)7-6-14-8-10-4-2-3-5-10/h9-10,14H,2-8H2,1H3. The van der Waals surface area contributed by atoms with Gasteiger partial charge in [0.25, 0.3) is 5.56 Å². The van der Waals surface area contributed by atoms with Crippen molar-refractivity contribution in [3.8, 4) is 0 Å². The fraction of sp³-hybridized carbons (Fsp3) is 0.692. The lowest BCUT2D eigenvalue weighted by molar-refractivity contribution is 0.455. The van der Waals surface area contributed by atoms with Crippen molar-refractivity contribution >= 4 is 11.0 Å². The largest absolute Gasteiger partial charge is 0.315 e. The van der Waals surface area contributed by atoms with Crippen LogP contribution in [0.5, 0.6) is 0 Å². The normalized spacial score (nSPS) is 16.2. The maximum absolute atomic E-state index is 12.2. The van der Waals surface area contributed by atoms with Crippen LogP contribution in [0.2, 0.25) is 0 Å². The lowest BCUT2D eigenvalue weighted by Crippen LogP contribution is -2.31. The Labute approximate surface area is 117 Å². The van der Waals surface area contributed by atoms with Crippen molar-refractivity contribution in [1.82, 2.24) is 30.1 Å². The van der Waals surface area contributed by atoms with Gasteiger partial charge in [0, 0.05) is 13.6 Å². The van der Waals surface area contributed by atoms with Gasteiger partial charge in [-0.05, 0) is 25.3 Å². The second kappa shape index (κ2) is 5.70. The summed E-state index contributed by atoms with van der Waals surface area (Å²) in [7, 11) is 1.75. The van der Waals surface area contributed by atoms with Gasteiger partial charge in [-0.2, -0.15) is 5.10 Å². The van der Waals surface area contributed by atoms with Crippen LogP contribution < -0.4 is 10.9 Å². The lowest BCUT2D eigenvalue weighted by Gasteiger charge is -2.10. The fourth-order valence-electron chi connectivity index (χ4n) is 2.83. The molecule has 0 amide bonds. The third kappa shape index (κ3) is 2.58. The highest BCUT2D eigenvalue weighted by atomic mass is 16.1. The van der Waals surface area contributed by atoms with Crippen LogP contribution in [0, 0.1) is 5.92 Å². The topological polar surface area (TPSA) is 77.6 Å². The maximum atomic E-state index is 12.2. The molecular weight excluding hydrogens is 256 g/mol. The van der Waals surface area contributed by atoms with Crippen molar-refractivity contribution in [3.63, 3.8) is 0 Å². The predicted octanol–water partition coefficient (Wildman–Crippen LogP) is 0.305. The number of aryl methyl sites for hydroxylation is 1. The molecule has 0 saturated heterocycles. The molecule has 7 heteroatoms. The third-order valence-electron chi connectivity index (χ3n) is 4.03. The SMILES string of the molecule is Cn1ncc2c(=O)n(CCNCC3CCCC3)nnc21. The predicted molar refractivity (Wildman–Crippen MR) is 75.4 cm³/mol. The summed E-state index contributed by atoms with van der Waals surface area (Å²) in [6, 6.07) is 0. The molecule has 108 valence electrons. The summed E-state index contributed by atoms with van der Waals surface area (Å²) < 4.78 is 2.97. The molecule has 2 aromatic heterocycles. The van der Waals surface area contributed by atoms with E-state index in [0.29, 0.717) is 17.6 Å². The van der Waals surface area contributed by atoms with Crippen LogP contribution in [0.3, 0.4) is 0 Å². The Morgan fingerprint density at radius 1 is 1.40 bits per heavy atom. The Balaban J connectivity index is 1.60. The summed E-state index contributed by atoms with van der Waals surface area (Å²) in [4.78, 5) is 12.2. The van der Waals surface area contributed by atoms with Crippen LogP contribution in [-0.4, -0.2) is 37.9 Å². The minimum atomic E-state index is -0.120. The number of nitrogens with zero attached hydrogens (tertiary/aromatic N) is 5. The van der Waals surface area contributed by atoms with Gasteiger partial charge in [0.1, 0.15) is 5.39 Å². The molecule has 7 nitrogen and oxygen atoms in total. The van der Waals surface area contributed by atoms with Gasteiger partial charge in [0.2, 0.25) is 0 Å². The smallest absolute Gasteiger partial charge is 0.280 e. The highest BCUT2D eigenvalue weighted by molar-refractivity contribution is 5.72. The number of aromatic nitrogens is 5. The first-order valence-electron chi connectivity index (χ1n) is 7.22. The fourth-order valence-corrected chi connectivity index (χ4v) is 2.83. The minimum absolute atomic E-state index is 0.120. The van der Waals surface area contributed by atoms with Gasteiger partial charge in [-0.1, -0.05) is 18.1 Å². The number of hydrogen-bond donors (Lipinski definition) is 1. The average molecular weight is 276 g/mol. The monoisotopic (exact) mass is 276 g/mol. The Morgan fingerprint density at radius 3 is 3.00 bits per heavy atom. The molecule has 1 saturated carbocycles. The third-order valence-corrected chi connectivity index (χ3v) is 4.03. The van der Waals surface area contributed by atoms with Gasteiger partial charge in [-0.3, -0.25) is 4.79 Å². The van der Waals surface area contributed by atoms with Gasteiger partial charge in [0.15, 0.2) is 5.65 Å². The summed E-state index contributed by atoms with van der Waals surface area (Å²) in [5.41, 5.74) is 0.413. The molecule has 0 bridgehead atoms. The van der Waals surface area contributed by atoms with Crippen molar-refractivity contribution in [1.29, 1.82) is 0 Å². The van der Waals surface area contributed by atoms with Crippen LogP contribution in [-0.2, 0) is 13.6 Å². The summed E-state index contributed by atoms with van der Waals surface area (Å²) >= 11 is 0. The molecule has 20 heavy (non-hydrogen) atoms. The Bertz CT molecular complexity index is 640. The first kappa shape index (κ1) is 13.2. The van der Waals surface area contributed by atoms with E-state index in [0.717, 1.165) is 19.0 Å². The van der Waals surface area contributed by atoms with Crippen LogP contribution >= 0.6 is 0 Å². The molecule has 0 spiro atoms. The highest BCUT2D eigenvalue weighted by Gasteiger charge is 2.14. The van der Waals surface area contributed by atoms with Crippen LogP contribution in [0.4, 0.5) is 0 Å². The summed E-state index contributed by atoms with van der Waals surface area (Å²) in [6.45, 7) is 2.33. The van der Waals surface area contributed by atoms with Gasteiger partial charge >= 0.3 is 0 Å². The molecule has 0 aliphatic heterocycles. The van der Waals surface area contributed by atoms with Gasteiger partial charge in [-0.15, -0.1) is 5.10 Å². The molecule has 1 N–H and O–H groups in total. The molecule has 0 atom stereocenters. The van der Waals surface area contributed by atoms with Crippen LogP contribution in [0.15, 0.2) is 11.0 Å². The number of rotatable bonds is 5. The first-order valence-corrected chi connectivity index (χ1v) is 7.22. The van der Waals surface area contributed by atoms with E-state index in [1.54, 1.807) is 17.9 Å². The van der Waals surface area contributed by atoms with E-state index >= 15 is 0 Å². The molecule has 2 aromatic rings. The van der Waals surface area contributed by atoms with E-state index in [1.807, 2.05) is 0 Å². The van der Waals surface area contributed by atoms with Crippen LogP contribution in [0.1, 0.15) is 25.7 Å². The van der Waals surface area contributed by atoms with Crippen molar-refractivity contribution < 1.29 is 0 Å². The maximum Gasteiger partial charge on any atom is 0.280 e. The van der Waals surface area contributed by atoms with Crippen molar-refractivity contribution in [2.24, 2.45) is 13.0 Å². The molecule has 3 rings (SSSR count). The van der Waals surface area contributed by atoms with Crippen molar-refractivity contribution in [2.75, 3.05) is 13.1 Å². The molecule has 1 fully saturated rings. The van der Waals surface area contributed by atoms with E-state index in [-0.39, 0.29) is 5.56 Å². The average Bonchev–Trinajstić information content (AvgIpc) is 3.08. The zero-order chi connectivity index (χ0) is 13.9. The quantitative estimate of drug-likeness (QED) is 0.795. The molecule has 0 aromatic carbocycles. The van der Waals surface area contributed by atoms with Crippen LogP contribution in [0.25, 0.3) is 11.0 Å². The second-order valence-corrected chi connectivity index (χ2v) is 5.48. The molecule has 0 unspecified atom stereocenters. The minimum Gasteiger partial charge on any atom is -0.315 e. The summed E-state index contributed by atoms with van der Waals surface area (Å²) in [5.74, 6) is 0.804. The summed E-state index contributed by atoms with van der Waals surface area (Å²) in [5, 5.41) is 16.0. The van der Waals surface area contributed by atoms with E-state index in [2.05, 4.69) is 20.7 Å². The van der Waals surface area contributed by atoms with Gasteiger partial charge in [-0.25, -0.2) is 9.36 Å². The van der Waals surface area contributed by atoms with Gasteiger partial charge < -0.3 is 5.32 Å². The zero-order valence-electron chi connectivity index (χ0n) is 11.7. The van der Waals surface area contributed by atoms with E-state index in [9.17, 15) is 4.79 Å². The number of fused-ring (bicyclic) bond motifs is 1. The molecule has 1 aliphatic carbocycles. The highest BCUT2D eigenvalue weighted by Crippen LogP contribution is 2.23. The molecule has 0 radical (unpaired) electrons. The Morgan fingerprint density at radius 2 is 2.20 bits per heavy atom.